The average Bonchev–Trinajstić information content (AvgIpc) is 3.02. The Bertz CT molecular complexity index is 1020. The molecule has 0 aliphatic heterocycles. The van der Waals surface area contributed by atoms with Crippen LogP contribution in [0.2, 0.25) is 0 Å². The van der Waals surface area contributed by atoms with Gasteiger partial charge in [0.2, 0.25) is 11.1 Å². The highest BCUT2D eigenvalue weighted by Crippen LogP contribution is 2.19. The molecular formula is C16H16N6O3S. The standard InChI is InChI=1S/C16H16N6O3S/c1-9-13(10(2)21-15(17-9)19-16(20-21)26-3)8-14(23)18-11-5-4-6-12(7-11)22(24)25/h4-7H,8H2,1-3H3,(H,18,23). The third kappa shape index (κ3) is 3.49. The smallest absolute Gasteiger partial charge is 0.271 e. The van der Waals surface area contributed by atoms with Crippen LogP contribution in [0.1, 0.15) is 17.0 Å². The van der Waals surface area contributed by atoms with Crippen molar-refractivity contribution in [2.75, 3.05) is 11.6 Å². The zero-order valence-electron chi connectivity index (χ0n) is 14.4. The van der Waals surface area contributed by atoms with E-state index >= 15 is 0 Å². The third-order valence-corrected chi connectivity index (χ3v) is 4.43. The van der Waals surface area contributed by atoms with Gasteiger partial charge in [0.25, 0.3) is 11.5 Å². The number of nitrogens with zero attached hydrogens (tertiary/aromatic N) is 5. The van der Waals surface area contributed by atoms with Gasteiger partial charge >= 0.3 is 0 Å². The monoisotopic (exact) mass is 372 g/mol. The number of benzene rings is 1. The number of amides is 1. The van der Waals surface area contributed by atoms with Crippen LogP contribution in [-0.4, -0.2) is 36.7 Å². The van der Waals surface area contributed by atoms with E-state index in [4.69, 9.17) is 0 Å². The topological polar surface area (TPSA) is 115 Å². The Kier molecular flexibility index (Phi) is 4.85. The number of hydrogen-bond donors (Lipinski definition) is 1. The molecule has 0 bridgehead atoms. The molecule has 0 aliphatic carbocycles. The van der Waals surface area contributed by atoms with Crippen molar-refractivity contribution in [1.29, 1.82) is 0 Å². The van der Waals surface area contributed by atoms with Crippen LogP contribution in [0.3, 0.4) is 0 Å². The summed E-state index contributed by atoms with van der Waals surface area (Å²) in [5, 5.41) is 18.5. The summed E-state index contributed by atoms with van der Waals surface area (Å²) < 4.78 is 1.62. The first-order chi connectivity index (χ1) is 12.4. The Morgan fingerprint density at radius 1 is 1.35 bits per heavy atom. The van der Waals surface area contributed by atoms with Gasteiger partial charge in [-0.15, -0.1) is 5.10 Å². The van der Waals surface area contributed by atoms with Crippen molar-refractivity contribution in [3.63, 3.8) is 0 Å². The fourth-order valence-electron chi connectivity index (χ4n) is 2.60. The molecule has 134 valence electrons. The lowest BCUT2D eigenvalue weighted by Crippen LogP contribution is -2.17. The molecule has 0 saturated heterocycles. The zero-order valence-corrected chi connectivity index (χ0v) is 15.2. The summed E-state index contributed by atoms with van der Waals surface area (Å²) in [5.41, 5.74) is 2.53. The average molecular weight is 372 g/mol. The Morgan fingerprint density at radius 2 is 2.12 bits per heavy atom. The van der Waals surface area contributed by atoms with E-state index in [-0.39, 0.29) is 18.0 Å². The zero-order chi connectivity index (χ0) is 18.8. The number of aromatic nitrogens is 4. The molecule has 0 radical (unpaired) electrons. The molecule has 1 aromatic carbocycles. The maximum atomic E-state index is 12.4. The van der Waals surface area contributed by atoms with Gasteiger partial charge in [0.15, 0.2) is 0 Å². The summed E-state index contributed by atoms with van der Waals surface area (Å²) >= 11 is 1.42. The van der Waals surface area contributed by atoms with E-state index in [2.05, 4.69) is 20.4 Å². The highest BCUT2D eigenvalue weighted by Gasteiger charge is 2.16. The van der Waals surface area contributed by atoms with Crippen molar-refractivity contribution in [2.45, 2.75) is 25.4 Å². The van der Waals surface area contributed by atoms with E-state index in [9.17, 15) is 14.9 Å². The van der Waals surface area contributed by atoms with Crippen LogP contribution in [0.4, 0.5) is 11.4 Å². The largest absolute Gasteiger partial charge is 0.326 e. The molecule has 0 atom stereocenters. The van der Waals surface area contributed by atoms with Crippen molar-refractivity contribution in [3.05, 3.63) is 51.3 Å². The molecule has 9 nitrogen and oxygen atoms in total. The van der Waals surface area contributed by atoms with E-state index in [1.165, 1.54) is 30.0 Å². The summed E-state index contributed by atoms with van der Waals surface area (Å²) in [7, 11) is 0. The van der Waals surface area contributed by atoms with E-state index < -0.39 is 4.92 Å². The second-order valence-corrected chi connectivity index (χ2v) is 6.38. The summed E-state index contributed by atoms with van der Waals surface area (Å²) in [6.07, 6.45) is 1.96. The van der Waals surface area contributed by atoms with Gasteiger partial charge in [-0.2, -0.15) is 4.98 Å². The number of carbonyl (C=O) groups excluding carboxylic acids is 1. The molecule has 1 amide bonds. The number of hydrogen-bond acceptors (Lipinski definition) is 7. The molecule has 3 aromatic rings. The van der Waals surface area contributed by atoms with Gasteiger partial charge < -0.3 is 5.32 Å². The van der Waals surface area contributed by atoms with Gasteiger partial charge in [0, 0.05) is 34.8 Å². The molecule has 0 saturated carbocycles. The van der Waals surface area contributed by atoms with Crippen LogP contribution < -0.4 is 5.32 Å². The second-order valence-electron chi connectivity index (χ2n) is 5.60. The van der Waals surface area contributed by atoms with Crippen LogP contribution in [0, 0.1) is 24.0 Å². The SMILES string of the molecule is CSc1nc2nc(C)c(CC(=O)Nc3cccc([N+](=O)[O-])c3)c(C)n2n1. The van der Waals surface area contributed by atoms with Crippen LogP contribution in [0.5, 0.6) is 0 Å². The number of rotatable bonds is 5. The van der Waals surface area contributed by atoms with Gasteiger partial charge in [0.05, 0.1) is 11.3 Å². The summed E-state index contributed by atoms with van der Waals surface area (Å²) in [4.78, 5) is 31.5. The number of non-ortho nitro benzene ring substituents is 1. The number of fused-ring (bicyclic) bond motifs is 1. The van der Waals surface area contributed by atoms with E-state index in [0.29, 0.717) is 22.3 Å². The normalized spacial score (nSPS) is 10.9. The molecular weight excluding hydrogens is 356 g/mol. The van der Waals surface area contributed by atoms with Gasteiger partial charge in [-0.1, -0.05) is 17.8 Å². The molecule has 1 N–H and O–H groups in total. The van der Waals surface area contributed by atoms with Gasteiger partial charge in [-0.3, -0.25) is 14.9 Å². The van der Waals surface area contributed by atoms with Gasteiger partial charge in [-0.25, -0.2) is 9.50 Å². The summed E-state index contributed by atoms with van der Waals surface area (Å²) in [6, 6.07) is 5.82. The molecule has 2 heterocycles. The maximum absolute atomic E-state index is 12.4. The minimum absolute atomic E-state index is 0.0783. The predicted octanol–water partition coefficient (Wildman–Crippen LogP) is 2.55. The molecule has 26 heavy (non-hydrogen) atoms. The van der Waals surface area contributed by atoms with Crippen molar-refractivity contribution in [1.82, 2.24) is 19.6 Å². The quantitative estimate of drug-likeness (QED) is 0.416. The molecule has 0 spiro atoms. The Balaban J connectivity index is 1.85. The first-order valence-corrected chi connectivity index (χ1v) is 8.92. The number of carbonyl (C=O) groups is 1. The fraction of sp³-hybridized carbons (Fsp3) is 0.250. The third-order valence-electron chi connectivity index (χ3n) is 3.89. The molecule has 0 unspecified atom stereocenters. The highest BCUT2D eigenvalue weighted by atomic mass is 32.2. The fourth-order valence-corrected chi connectivity index (χ4v) is 2.93. The van der Waals surface area contributed by atoms with Crippen molar-refractivity contribution in [3.8, 4) is 0 Å². The Labute approximate surface area is 153 Å². The van der Waals surface area contributed by atoms with Gasteiger partial charge in [0.1, 0.15) is 0 Å². The van der Waals surface area contributed by atoms with Crippen molar-refractivity contribution in [2.24, 2.45) is 0 Å². The lowest BCUT2D eigenvalue weighted by molar-refractivity contribution is -0.384. The lowest BCUT2D eigenvalue weighted by atomic mass is 10.1. The minimum Gasteiger partial charge on any atom is -0.326 e. The van der Waals surface area contributed by atoms with E-state index in [1.54, 1.807) is 10.6 Å². The lowest BCUT2D eigenvalue weighted by Gasteiger charge is -2.10. The number of anilines is 1. The number of nitro benzene ring substituents is 1. The number of aryl methyl sites for hydroxylation is 2. The second kappa shape index (κ2) is 7.08. The Hall–Kier alpha value is -3.01. The van der Waals surface area contributed by atoms with Crippen LogP contribution in [-0.2, 0) is 11.2 Å². The first kappa shape index (κ1) is 17.8. The molecule has 10 heteroatoms. The van der Waals surface area contributed by atoms with Crippen molar-refractivity contribution < 1.29 is 9.72 Å². The van der Waals surface area contributed by atoms with Crippen molar-refractivity contribution >= 4 is 34.8 Å². The molecule has 0 fully saturated rings. The van der Waals surface area contributed by atoms with Crippen LogP contribution >= 0.6 is 11.8 Å². The number of nitro groups is 1. The summed E-state index contributed by atoms with van der Waals surface area (Å²) in [5.74, 6) is 0.204. The van der Waals surface area contributed by atoms with E-state index in [0.717, 1.165) is 11.3 Å². The van der Waals surface area contributed by atoms with Gasteiger partial charge in [-0.05, 0) is 26.2 Å². The maximum Gasteiger partial charge on any atom is 0.271 e. The molecule has 3 rings (SSSR count). The number of nitrogens with one attached hydrogen (secondary N) is 1. The Morgan fingerprint density at radius 3 is 2.81 bits per heavy atom. The minimum atomic E-state index is -0.504. The van der Waals surface area contributed by atoms with Crippen LogP contribution in [0.25, 0.3) is 5.78 Å². The molecule has 0 aliphatic rings. The van der Waals surface area contributed by atoms with E-state index in [1.807, 2.05) is 20.1 Å². The van der Waals surface area contributed by atoms with Crippen LogP contribution in [0.15, 0.2) is 29.4 Å². The summed E-state index contributed by atoms with van der Waals surface area (Å²) in [6.45, 7) is 3.67. The molecule has 2 aromatic heterocycles. The predicted molar refractivity (Wildman–Crippen MR) is 97.5 cm³/mol. The number of thioether (sulfide) groups is 1. The first-order valence-electron chi connectivity index (χ1n) is 7.70. The highest BCUT2D eigenvalue weighted by molar-refractivity contribution is 7.98.